The van der Waals surface area contributed by atoms with E-state index in [4.69, 9.17) is 11.6 Å². The molecule has 0 aliphatic carbocycles. The molecule has 0 unspecified atom stereocenters. The topological polar surface area (TPSA) is 65.5 Å². The number of piperazine rings is 1. The van der Waals surface area contributed by atoms with E-state index in [1.165, 1.54) is 6.20 Å². The third-order valence-electron chi connectivity index (χ3n) is 4.68. The number of benzene rings is 1. The van der Waals surface area contributed by atoms with Gasteiger partial charge in [-0.25, -0.2) is 0 Å². The van der Waals surface area contributed by atoms with Crippen LogP contribution in [-0.4, -0.2) is 47.9 Å². The Labute approximate surface area is 170 Å². The molecule has 7 heteroatoms. The predicted octanol–water partition coefficient (Wildman–Crippen LogP) is 3.68. The highest BCUT2D eigenvalue weighted by Gasteiger charge is 2.30. The maximum atomic E-state index is 12.4. The van der Waals surface area contributed by atoms with E-state index in [1.54, 1.807) is 24.4 Å². The molecule has 2 amide bonds. The average molecular weight is 401 g/mol. The van der Waals surface area contributed by atoms with Crippen LogP contribution < -0.4 is 10.2 Å². The third-order valence-corrected chi connectivity index (χ3v) is 4.98. The van der Waals surface area contributed by atoms with E-state index in [0.717, 1.165) is 18.8 Å². The number of nitrogens with one attached hydrogen (secondary N) is 1. The summed E-state index contributed by atoms with van der Waals surface area (Å²) in [6.45, 7) is 8.62. The van der Waals surface area contributed by atoms with E-state index in [1.807, 2.05) is 37.8 Å². The molecule has 6 nitrogen and oxygen atoms in total. The largest absolute Gasteiger partial charge is 0.367 e. The number of carbonyl (C=O) groups is 2. The molecule has 2 aromatic rings. The smallest absolute Gasteiger partial charge is 0.257 e. The van der Waals surface area contributed by atoms with Gasteiger partial charge >= 0.3 is 0 Å². The lowest BCUT2D eigenvalue weighted by Gasteiger charge is -2.39. The molecule has 0 radical (unpaired) electrons. The standard InChI is InChI=1S/C21H25ClN4O2/c1-21(2,3)20(28)26-11-9-25(10-12-26)18-7-6-16(13-17(18)22)24-19(27)15-5-4-8-23-14-15/h4-8,13-14H,9-12H2,1-3H3,(H,24,27). The minimum atomic E-state index is -0.367. The van der Waals surface area contributed by atoms with Gasteiger partial charge in [-0.3, -0.25) is 14.6 Å². The van der Waals surface area contributed by atoms with Crippen molar-refractivity contribution < 1.29 is 9.59 Å². The number of amides is 2. The van der Waals surface area contributed by atoms with Crippen molar-refractivity contribution in [3.63, 3.8) is 0 Å². The summed E-state index contributed by atoms with van der Waals surface area (Å²) in [5.74, 6) is -0.0575. The lowest BCUT2D eigenvalue weighted by atomic mass is 9.94. The van der Waals surface area contributed by atoms with Gasteiger partial charge in [-0.15, -0.1) is 0 Å². The monoisotopic (exact) mass is 400 g/mol. The Kier molecular flexibility index (Phi) is 5.89. The Hall–Kier alpha value is -2.60. The van der Waals surface area contributed by atoms with E-state index in [0.29, 0.717) is 29.4 Å². The Balaban J connectivity index is 1.64. The molecule has 1 N–H and O–H groups in total. The van der Waals surface area contributed by atoms with Crippen LogP contribution in [0.5, 0.6) is 0 Å². The summed E-state index contributed by atoms with van der Waals surface area (Å²) in [5, 5.41) is 3.40. The average Bonchev–Trinajstić information content (AvgIpc) is 2.68. The second-order valence-electron chi connectivity index (χ2n) is 7.89. The second-order valence-corrected chi connectivity index (χ2v) is 8.30. The Morgan fingerprint density at radius 1 is 1.11 bits per heavy atom. The first-order chi connectivity index (χ1) is 13.3. The fourth-order valence-electron chi connectivity index (χ4n) is 3.17. The van der Waals surface area contributed by atoms with E-state index in [9.17, 15) is 9.59 Å². The van der Waals surface area contributed by atoms with Gasteiger partial charge in [-0.1, -0.05) is 32.4 Å². The summed E-state index contributed by atoms with van der Waals surface area (Å²) in [6, 6.07) is 8.91. The first kappa shape index (κ1) is 20.1. The zero-order valence-electron chi connectivity index (χ0n) is 16.4. The van der Waals surface area contributed by atoms with E-state index < -0.39 is 0 Å². The third kappa shape index (κ3) is 4.62. The van der Waals surface area contributed by atoms with Crippen LogP contribution in [0.3, 0.4) is 0 Å². The number of nitrogens with zero attached hydrogens (tertiary/aromatic N) is 3. The van der Waals surface area contributed by atoms with Crippen LogP contribution in [0, 0.1) is 5.41 Å². The van der Waals surface area contributed by atoms with Crippen LogP contribution in [0.15, 0.2) is 42.7 Å². The highest BCUT2D eigenvalue weighted by atomic mass is 35.5. The van der Waals surface area contributed by atoms with Crippen LogP contribution >= 0.6 is 11.6 Å². The van der Waals surface area contributed by atoms with Gasteiger partial charge in [-0.05, 0) is 30.3 Å². The summed E-state index contributed by atoms with van der Waals surface area (Å²) in [6.07, 6.45) is 3.14. The van der Waals surface area contributed by atoms with E-state index in [2.05, 4.69) is 15.2 Å². The fourth-order valence-corrected chi connectivity index (χ4v) is 3.47. The fraction of sp³-hybridized carbons (Fsp3) is 0.381. The first-order valence-electron chi connectivity index (χ1n) is 9.31. The zero-order chi connectivity index (χ0) is 20.3. The first-order valence-corrected chi connectivity index (χ1v) is 9.69. The number of carbonyl (C=O) groups excluding carboxylic acids is 2. The number of pyridine rings is 1. The molecule has 2 heterocycles. The van der Waals surface area contributed by atoms with Crippen molar-refractivity contribution in [2.45, 2.75) is 20.8 Å². The summed E-state index contributed by atoms with van der Waals surface area (Å²) in [5.41, 5.74) is 1.66. The Morgan fingerprint density at radius 2 is 1.82 bits per heavy atom. The van der Waals surface area contributed by atoms with Gasteiger partial charge in [0.25, 0.3) is 5.91 Å². The van der Waals surface area contributed by atoms with Crippen molar-refractivity contribution in [2.75, 3.05) is 36.4 Å². The molecule has 1 aliphatic rings. The minimum absolute atomic E-state index is 0.173. The van der Waals surface area contributed by atoms with Gasteiger partial charge in [0.15, 0.2) is 0 Å². The lowest BCUT2D eigenvalue weighted by Crippen LogP contribution is -2.51. The van der Waals surface area contributed by atoms with Crippen molar-refractivity contribution in [1.29, 1.82) is 0 Å². The maximum Gasteiger partial charge on any atom is 0.257 e. The van der Waals surface area contributed by atoms with Crippen LogP contribution in [0.25, 0.3) is 0 Å². The summed E-state index contributed by atoms with van der Waals surface area (Å²) in [7, 11) is 0. The van der Waals surface area contributed by atoms with Crippen molar-refractivity contribution >= 4 is 34.8 Å². The van der Waals surface area contributed by atoms with Crippen LogP contribution in [0.1, 0.15) is 31.1 Å². The zero-order valence-corrected chi connectivity index (χ0v) is 17.2. The maximum absolute atomic E-state index is 12.4. The van der Waals surface area contributed by atoms with Crippen molar-refractivity contribution in [1.82, 2.24) is 9.88 Å². The number of rotatable bonds is 3. The van der Waals surface area contributed by atoms with Gasteiger partial charge in [0.1, 0.15) is 0 Å². The molecule has 1 aliphatic heterocycles. The molecule has 1 aromatic carbocycles. The SMILES string of the molecule is CC(C)(C)C(=O)N1CCN(c2ccc(NC(=O)c3cccnc3)cc2Cl)CC1. The van der Waals surface area contributed by atoms with Gasteiger partial charge in [-0.2, -0.15) is 0 Å². The highest BCUT2D eigenvalue weighted by molar-refractivity contribution is 6.33. The van der Waals surface area contributed by atoms with Crippen LogP contribution in [0.4, 0.5) is 11.4 Å². The molecule has 0 saturated carbocycles. The summed E-state index contributed by atoms with van der Waals surface area (Å²) in [4.78, 5) is 32.7. The van der Waals surface area contributed by atoms with Crippen molar-refractivity contribution in [2.24, 2.45) is 5.41 Å². The summed E-state index contributed by atoms with van der Waals surface area (Å²) < 4.78 is 0. The van der Waals surface area contributed by atoms with Crippen molar-refractivity contribution in [3.05, 3.63) is 53.3 Å². The van der Waals surface area contributed by atoms with E-state index >= 15 is 0 Å². The molecule has 1 fully saturated rings. The van der Waals surface area contributed by atoms with E-state index in [-0.39, 0.29) is 17.2 Å². The number of aromatic nitrogens is 1. The molecule has 0 atom stereocenters. The van der Waals surface area contributed by atoms with Gasteiger partial charge < -0.3 is 15.1 Å². The van der Waals surface area contributed by atoms with Crippen molar-refractivity contribution in [3.8, 4) is 0 Å². The quantitative estimate of drug-likeness (QED) is 0.853. The van der Waals surface area contributed by atoms with Crippen LogP contribution in [-0.2, 0) is 4.79 Å². The lowest BCUT2D eigenvalue weighted by molar-refractivity contribution is -0.139. The molecule has 0 bridgehead atoms. The molecule has 1 saturated heterocycles. The second kappa shape index (κ2) is 8.19. The normalized spacial score (nSPS) is 14.7. The molecule has 0 spiro atoms. The summed E-state index contributed by atoms with van der Waals surface area (Å²) >= 11 is 6.48. The number of halogens is 1. The minimum Gasteiger partial charge on any atom is -0.367 e. The highest BCUT2D eigenvalue weighted by Crippen LogP contribution is 2.30. The van der Waals surface area contributed by atoms with Crippen LogP contribution in [0.2, 0.25) is 5.02 Å². The number of hydrogen-bond donors (Lipinski definition) is 1. The van der Waals surface area contributed by atoms with Gasteiger partial charge in [0.05, 0.1) is 16.3 Å². The molecule has 148 valence electrons. The molecule has 28 heavy (non-hydrogen) atoms. The molecule has 3 rings (SSSR count). The molecule has 1 aromatic heterocycles. The van der Waals surface area contributed by atoms with Gasteiger partial charge in [0.2, 0.25) is 5.91 Å². The predicted molar refractivity (Wildman–Crippen MR) is 112 cm³/mol. The molecular weight excluding hydrogens is 376 g/mol. The Morgan fingerprint density at radius 3 is 2.39 bits per heavy atom. The number of hydrogen-bond acceptors (Lipinski definition) is 4. The Bertz CT molecular complexity index is 856. The van der Waals surface area contributed by atoms with Gasteiger partial charge in [0, 0.05) is 49.7 Å². The number of anilines is 2. The molecular formula is C21H25ClN4O2.